The van der Waals surface area contributed by atoms with E-state index in [0.29, 0.717) is 32.1 Å². The lowest BCUT2D eigenvalue weighted by Crippen LogP contribution is -2.63. The monoisotopic (exact) mass is 1120 g/mol. The van der Waals surface area contributed by atoms with Gasteiger partial charge in [-0.3, -0.25) is 0 Å². The summed E-state index contributed by atoms with van der Waals surface area (Å²) in [7, 11) is 3.01. The highest BCUT2D eigenvalue weighted by Crippen LogP contribution is 2.68. The number of aliphatic hydroxyl groups is 13. The van der Waals surface area contributed by atoms with Crippen molar-refractivity contribution in [3.63, 3.8) is 0 Å². The van der Waals surface area contributed by atoms with Gasteiger partial charge in [-0.05, 0) is 95.3 Å². The van der Waals surface area contributed by atoms with Gasteiger partial charge in [0.1, 0.15) is 97.7 Å². The summed E-state index contributed by atoms with van der Waals surface area (Å²) < 4.78 is 71.3. The molecule has 0 bridgehead atoms. The van der Waals surface area contributed by atoms with Crippen molar-refractivity contribution in [1.29, 1.82) is 0 Å². The van der Waals surface area contributed by atoms with Crippen molar-refractivity contribution in [3.8, 4) is 0 Å². The Balaban J connectivity index is 0.786. The zero-order valence-electron chi connectivity index (χ0n) is 45.5. The number of hydrogen-bond donors (Lipinski definition) is 13. The normalized spacial score (nSPS) is 54.1. The van der Waals surface area contributed by atoms with E-state index >= 15 is 0 Å². The van der Waals surface area contributed by atoms with Gasteiger partial charge in [0.25, 0.3) is 0 Å². The van der Waals surface area contributed by atoms with Gasteiger partial charge in [-0.25, -0.2) is 0 Å². The Hall–Kier alpha value is -1.26. The summed E-state index contributed by atoms with van der Waals surface area (Å²) in [6, 6.07) is 0. The average Bonchev–Trinajstić information content (AvgIpc) is 3.94. The quantitative estimate of drug-likeness (QED) is 0.0682. The van der Waals surface area contributed by atoms with Gasteiger partial charge in [0.05, 0.1) is 55.9 Å². The molecule has 0 aromatic carbocycles. The number of allylic oxidation sites excluding steroid dienone is 1. The van der Waals surface area contributed by atoms with Crippen molar-refractivity contribution in [1.82, 2.24) is 0 Å². The van der Waals surface area contributed by atoms with E-state index in [1.54, 1.807) is 14.0 Å². The Bertz CT molecular complexity index is 2010. The van der Waals surface area contributed by atoms with Gasteiger partial charge >= 0.3 is 0 Å². The SMILES string of the molecule is COC1CC(OC2CCC3(C)C(=CCC4C3CCC3(C)C(C(C)OC5OC(COC6OC(COC7OC(CO)C(O)C(O)C7O)C(O)C(O)C6O)C(O)C(O)C5O)CCC43O)C2)OC(C)C1OC1OC(C)C(O)C(OC)C1O. The Labute approximate surface area is 454 Å². The third-order valence-corrected chi connectivity index (χ3v) is 19.9. The molecule has 3 saturated carbocycles. The first-order valence-corrected chi connectivity index (χ1v) is 27.9. The molecule has 0 aromatic heterocycles. The maximum Gasteiger partial charge on any atom is 0.187 e. The van der Waals surface area contributed by atoms with Crippen LogP contribution in [0.4, 0.5) is 0 Å². The van der Waals surface area contributed by atoms with Gasteiger partial charge < -0.3 is 123 Å². The van der Waals surface area contributed by atoms with Crippen LogP contribution in [0.15, 0.2) is 11.6 Å². The van der Waals surface area contributed by atoms with Crippen LogP contribution < -0.4 is 0 Å². The molecule has 5 heterocycles. The minimum absolute atomic E-state index is 0.0374. The van der Waals surface area contributed by atoms with Gasteiger partial charge in [-0.1, -0.05) is 25.5 Å². The second kappa shape index (κ2) is 24.4. The molecule has 9 rings (SSSR count). The molecule has 32 unspecified atom stereocenters. The van der Waals surface area contributed by atoms with E-state index in [9.17, 15) is 66.4 Å². The highest BCUT2D eigenvalue weighted by atomic mass is 16.8. The van der Waals surface area contributed by atoms with Crippen LogP contribution in [0.1, 0.15) is 92.4 Å². The molecular weight excluding hydrogens is 1040 g/mol. The Morgan fingerprint density at radius 1 is 0.590 bits per heavy atom. The Morgan fingerprint density at radius 2 is 1.18 bits per heavy atom. The van der Waals surface area contributed by atoms with Crippen LogP contribution in [0, 0.1) is 28.6 Å². The summed E-state index contributed by atoms with van der Waals surface area (Å²) >= 11 is 0. The summed E-state index contributed by atoms with van der Waals surface area (Å²) in [5, 5.41) is 140. The molecule has 4 aliphatic carbocycles. The van der Waals surface area contributed by atoms with Crippen LogP contribution in [0.3, 0.4) is 0 Å². The average molecular weight is 1130 g/mol. The Morgan fingerprint density at radius 3 is 1.78 bits per heavy atom. The molecule has 0 aromatic rings. The summed E-state index contributed by atoms with van der Waals surface area (Å²) in [4.78, 5) is 0. The predicted octanol–water partition coefficient (Wildman–Crippen LogP) is -3.06. The van der Waals surface area contributed by atoms with E-state index in [0.717, 1.165) is 25.7 Å². The molecule has 32 atom stereocenters. The molecule has 5 aliphatic heterocycles. The number of ether oxygens (including phenoxy) is 12. The zero-order chi connectivity index (χ0) is 56.5. The summed E-state index contributed by atoms with van der Waals surface area (Å²) in [5.74, 6) is -0.0298. The molecule has 25 heteroatoms. The van der Waals surface area contributed by atoms with Gasteiger partial charge in [0, 0.05) is 26.1 Å². The van der Waals surface area contributed by atoms with Gasteiger partial charge in [0.2, 0.25) is 0 Å². The van der Waals surface area contributed by atoms with Crippen LogP contribution >= 0.6 is 0 Å². The number of methoxy groups -OCH3 is 2. The first kappa shape index (κ1) is 61.3. The van der Waals surface area contributed by atoms with Crippen molar-refractivity contribution in [2.45, 2.75) is 258 Å². The second-order valence-electron chi connectivity index (χ2n) is 24.1. The molecule has 0 spiro atoms. The van der Waals surface area contributed by atoms with Gasteiger partial charge in [0.15, 0.2) is 31.5 Å². The molecule has 8 fully saturated rings. The highest BCUT2D eigenvalue weighted by molar-refractivity contribution is 5.28. The van der Waals surface area contributed by atoms with E-state index in [2.05, 4.69) is 19.9 Å². The fraction of sp³-hybridized carbons (Fsp3) is 0.962. The van der Waals surface area contributed by atoms with Gasteiger partial charge in [-0.2, -0.15) is 0 Å². The summed E-state index contributed by atoms with van der Waals surface area (Å²) in [5.41, 5.74) is -0.500. The minimum atomic E-state index is -1.85. The number of fused-ring (bicyclic) bond motifs is 5. The maximum absolute atomic E-state index is 13.0. The van der Waals surface area contributed by atoms with Gasteiger partial charge in [-0.15, -0.1) is 0 Å². The standard InChI is InChI=1S/C53H88O25/c1-21(72-49-43(64)40(61)37(58)32(77-49)20-70-48-42(63)39(60)36(57)31(76-48)19-69-47-41(62)38(59)35(56)30(18-54)75-47)26-12-15-53(66)28-9-8-24-16-25(10-13-51(24,4)27(28)11-14-52(26,53)5)74-33-17-29(67-6)45(23(3)71-33)78-50-44(65)46(68-7)34(55)22(2)73-50/h8,21-23,25-50,54-66H,9-20H2,1-7H3. The topological polar surface area (TPSA) is 374 Å². The smallest absolute Gasteiger partial charge is 0.187 e. The number of aliphatic hydroxyl groups excluding tert-OH is 12. The predicted molar refractivity (Wildman–Crippen MR) is 263 cm³/mol. The maximum atomic E-state index is 13.0. The van der Waals surface area contributed by atoms with Crippen molar-refractivity contribution in [2.75, 3.05) is 34.0 Å². The van der Waals surface area contributed by atoms with E-state index in [4.69, 9.17) is 56.8 Å². The van der Waals surface area contributed by atoms with Crippen LogP contribution in [-0.4, -0.2) is 266 Å². The lowest BCUT2D eigenvalue weighted by molar-refractivity contribution is -0.346. The van der Waals surface area contributed by atoms with Crippen molar-refractivity contribution < 1.29 is 123 Å². The lowest BCUT2D eigenvalue weighted by atomic mass is 9.45. The van der Waals surface area contributed by atoms with Crippen LogP contribution in [0.2, 0.25) is 0 Å². The van der Waals surface area contributed by atoms with E-state index < -0.39 is 184 Å². The summed E-state index contributed by atoms with van der Waals surface area (Å²) in [6.07, 6.45) is -23.7. The molecular formula is C53H88O25. The van der Waals surface area contributed by atoms with Crippen molar-refractivity contribution in [3.05, 3.63) is 11.6 Å². The number of rotatable bonds is 16. The highest BCUT2D eigenvalue weighted by Gasteiger charge is 2.67. The molecule has 0 amide bonds. The van der Waals surface area contributed by atoms with Crippen LogP contribution in [0.5, 0.6) is 0 Å². The van der Waals surface area contributed by atoms with E-state index in [1.807, 2.05) is 13.8 Å². The fourth-order valence-corrected chi connectivity index (χ4v) is 15.0. The van der Waals surface area contributed by atoms with Crippen molar-refractivity contribution >= 4 is 0 Å². The summed E-state index contributed by atoms with van der Waals surface area (Å²) in [6.45, 7) is 7.96. The molecule has 0 radical (unpaired) electrons. The molecule has 13 N–H and O–H groups in total. The van der Waals surface area contributed by atoms with E-state index in [-0.39, 0.29) is 29.3 Å². The Kier molecular flexibility index (Phi) is 19.2. The molecule has 9 aliphatic rings. The second-order valence-corrected chi connectivity index (χ2v) is 24.1. The zero-order valence-corrected chi connectivity index (χ0v) is 45.5. The molecule has 5 saturated heterocycles. The van der Waals surface area contributed by atoms with Crippen LogP contribution in [-0.2, 0) is 56.8 Å². The molecule has 25 nitrogen and oxygen atoms in total. The fourth-order valence-electron chi connectivity index (χ4n) is 15.0. The minimum Gasteiger partial charge on any atom is -0.394 e. The number of hydrogen-bond acceptors (Lipinski definition) is 25. The molecule has 78 heavy (non-hydrogen) atoms. The third kappa shape index (κ3) is 11.2. The third-order valence-electron chi connectivity index (χ3n) is 19.9. The largest absolute Gasteiger partial charge is 0.394 e. The lowest BCUT2D eigenvalue weighted by Gasteiger charge is -2.61. The first-order chi connectivity index (χ1) is 36.9. The molecule has 450 valence electrons. The first-order valence-electron chi connectivity index (χ1n) is 27.9. The van der Waals surface area contributed by atoms with E-state index in [1.165, 1.54) is 12.7 Å². The van der Waals surface area contributed by atoms with Crippen LogP contribution in [0.25, 0.3) is 0 Å². The van der Waals surface area contributed by atoms with Crippen molar-refractivity contribution in [2.24, 2.45) is 28.6 Å².